The molecular weight excluding hydrogens is 456 g/mol. The zero-order chi connectivity index (χ0) is 25.1. The highest BCUT2D eigenvalue weighted by atomic mass is 16.5. The average molecular weight is 485 g/mol. The Bertz CT molecular complexity index is 1280. The van der Waals surface area contributed by atoms with Crippen LogP contribution >= 0.6 is 0 Å². The van der Waals surface area contributed by atoms with Crippen molar-refractivity contribution in [2.45, 2.75) is 12.8 Å². The first kappa shape index (κ1) is 23.6. The number of hydrogen-bond donors (Lipinski definition) is 2. The molecule has 2 N–H and O–H groups in total. The van der Waals surface area contributed by atoms with Crippen LogP contribution in [0.3, 0.4) is 0 Å². The smallest absolute Gasteiger partial charge is 0.175 e. The summed E-state index contributed by atoms with van der Waals surface area (Å²) in [6, 6.07) is 18.7. The molecule has 0 saturated carbocycles. The highest BCUT2D eigenvalue weighted by Crippen LogP contribution is 2.44. The van der Waals surface area contributed by atoms with Crippen LogP contribution in [-0.2, 0) is 0 Å². The number of piperidine rings is 1. The molecule has 0 spiro atoms. The van der Waals surface area contributed by atoms with Crippen molar-refractivity contribution in [1.29, 1.82) is 0 Å². The van der Waals surface area contributed by atoms with Crippen LogP contribution in [0.4, 0.5) is 0 Å². The van der Waals surface area contributed by atoms with Crippen molar-refractivity contribution in [1.82, 2.24) is 10.1 Å². The number of nitrogens with zero attached hydrogens (tertiary/aromatic N) is 2. The van der Waals surface area contributed by atoms with Crippen LogP contribution in [0.1, 0.15) is 23.2 Å². The van der Waals surface area contributed by atoms with Crippen LogP contribution in [0.2, 0.25) is 0 Å². The molecule has 1 aromatic heterocycles. The lowest BCUT2D eigenvalue weighted by atomic mass is 9.94. The number of aldehydes is 1. The van der Waals surface area contributed by atoms with Gasteiger partial charge in [0.05, 0.1) is 12.2 Å². The number of carbonyl (C=O) groups is 1. The van der Waals surface area contributed by atoms with Crippen molar-refractivity contribution in [3.05, 3.63) is 72.3 Å². The van der Waals surface area contributed by atoms with E-state index in [0.717, 1.165) is 43.3 Å². The van der Waals surface area contributed by atoms with Crippen LogP contribution < -0.4 is 4.74 Å². The van der Waals surface area contributed by atoms with Crippen molar-refractivity contribution >= 4 is 6.29 Å². The quantitative estimate of drug-likeness (QED) is 0.329. The van der Waals surface area contributed by atoms with Gasteiger partial charge in [-0.3, -0.25) is 4.79 Å². The third-order valence-corrected chi connectivity index (χ3v) is 6.57. The highest BCUT2D eigenvalue weighted by molar-refractivity contribution is 5.94. The molecule has 184 valence electrons. The number of aromatic hydroxyl groups is 2. The van der Waals surface area contributed by atoms with Crippen LogP contribution in [0.5, 0.6) is 17.2 Å². The maximum atomic E-state index is 11.7. The molecule has 5 rings (SSSR count). The number of likely N-dealkylation sites (tertiary alicyclic amines) is 1. The highest BCUT2D eigenvalue weighted by Gasteiger charge is 2.25. The van der Waals surface area contributed by atoms with Crippen molar-refractivity contribution in [2.75, 3.05) is 26.7 Å². The second-order valence-electron chi connectivity index (χ2n) is 9.28. The number of rotatable bonds is 7. The topological polar surface area (TPSA) is 96.0 Å². The lowest BCUT2D eigenvalue weighted by Crippen LogP contribution is -2.34. The minimum Gasteiger partial charge on any atom is -0.508 e. The largest absolute Gasteiger partial charge is 0.508 e. The van der Waals surface area contributed by atoms with Gasteiger partial charge in [-0.15, -0.1) is 0 Å². The third-order valence-electron chi connectivity index (χ3n) is 6.57. The maximum absolute atomic E-state index is 11.7. The van der Waals surface area contributed by atoms with E-state index in [4.69, 9.17) is 9.26 Å². The second-order valence-corrected chi connectivity index (χ2v) is 9.28. The van der Waals surface area contributed by atoms with Crippen LogP contribution in [0.25, 0.3) is 33.7 Å². The molecule has 1 aliphatic heterocycles. The molecule has 1 atom stereocenters. The van der Waals surface area contributed by atoms with Gasteiger partial charge in [-0.05, 0) is 93.2 Å². The van der Waals surface area contributed by atoms with Gasteiger partial charge in [0.2, 0.25) is 0 Å². The van der Waals surface area contributed by atoms with E-state index in [2.05, 4.69) is 17.1 Å². The second kappa shape index (κ2) is 10.3. The summed E-state index contributed by atoms with van der Waals surface area (Å²) in [6.07, 6.45) is 3.05. The van der Waals surface area contributed by atoms with Gasteiger partial charge in [-0.2, -0.15) is 0 Å². The molecule has 1 saturated heterocycles. The van der Waals surface area contributed by atoms with E-state index in [9.17, 15) is 15.0 Å². The van der Waals surface area contributed by atoms with E-state index in [-0.39, 0.29) is 11.5 Å². The molecular formula is C29H28N2O5. The minimum atomic E-state index is 0.142. The van der Waals surface area contributed by atoms with Gasteiger partial charge in [-0.25, -0.2) is 0 Å². The predicted octanol–water partition coefficient (Wildman–Crippen LogP) is 5.62. The molecule has 1 unspecified atom stereocenters. The molecule has 1 aliphatic rings. The standard InChI is InChI=1S/C29H28N2O5/c1-31-14-2-3-20(16-31)18-35-26-13-4-19(17-32)15-25(26)27-28(21-5-9-23(33)10-6-21)30-36-29(27)22-7-11-24(34)12-8-22/h4-13,15,17,20,33-34H,2-3,14,16,18H2,1H3. The Kier molecular flexibility index (Phi) is 6.73. The third kappa shape index (κ3) is 4.97. The van der Waals surface area contributed by atoms with E-state index in [1.807, 2.05) is 6.07 Å². The SMILES string of the molecule is CN1CCCC(COc2ccc(C=O)cc2-c2c(-c3ccc(O)cc3)noc2-c2ccc(O)cc2)C1. The summed E-state index contributed by atoms with van der Waals surface area (Å²) < 4.78 is 12.2. The van der Waals surface area contributed by atoms with Gasteiger partial charge in [0, 0.05) is 34.7 Å². The summed E-state index contributed by atoms with van der Waals surface area (Å²) in [5.41, 5.74) is 3.89. The van der Waals surface area contributed by atoms with Gasteiger partial charge in [0.25, 0.3) is 0 Å². The molecule has 0 radical (unpaired) electrons. The van der Waals surface area contributed by atoms with Gasteiger partial charge in [-0.1, -0.05) is 5.16 Å². The Morgan fingerprint density at radius 1 is 1.03 bits per heavy atom. The fourth-order valence-electron chi connectivity index (χ4n) is 4.73. The molecule has 0 bridgehead atoms. The van der Waals surface area contributed by atoms with E-state index in [0.29, 0.717) is 46.4 Å². The predicted molar refractivity (Wildman–Crippen MR) is 137 cm³/mol. The zero-order valence-electron chi connectivity index (χ0n) is 20.1. The van der Waals surface area contributed by atoms with Gasteiger partial charge < -0.3 is 24.4 Å². The van der Waals surface area contributed by atoms with Crippen molar-refractivity contribution in [3.8, 4) is 51.0 Å². The van der Waals surface area contributed by atoms with Gasteiger partial charge in [0.15, 0.2) is 5.76 Å². The summed E-state index contributed by atoms with van der Waals surface area (Å²) in [5.74, 6) is 1.83. The monoisotopic (exact) mass is 484 g/mol. The Morgan fingerprint density at radius 3 is 2.39 bits per heavy atom. The molecule has 2 heterocycles. The number of ether oxygens (including phenoxy) is 1. The van der Waals surface area contributed by atoms with E-state index >= 15 is 0 Å². The Labute approximate surface area is 209 Å². The summed E-state index contributed by atoms with van der Waals surface area (Å²) >= 11 is 0. The van der Waals surface area contributed by atoms with Crippen molar-refractivity contribution in [2.24, 2.45) is 5.92 Å². The molecule has 0 aliphatic carbocycles. The van der Waals surface area contributed by atoms with Crippen molar-refractivity contribution in [3.63, 3.8) is 0 Å². The Morgan fingerprint density at radius 2 is 1.72 bits per heavy atom. The number of hydrogen-bond acceptors (Lipinski definition) is 7. The molecule has 7 nitrogen and oxygen atoms in total. The molecule has 0 amide bonds. The van der Waals surface area contributed by atoms with Crippen LogP contribution in [0.15, 0.2) is 71.3 Å². The first-order chi connectivity index (χ1) is 17.5. The Hall–Kier alpha value is -4.10. The molecule has 4 aromatic rings. The first-order valence-electron chi connectivity index (χ1n) is 12.0. The summed E-state index contributed by atoms with van der Waals surface area (Å²) in [4.78, 5) is 14.0. The number of carbonyl (C=O) groups excluding carboxylic acids is 1. The molecule has 7 heteroatoms. The summed E-state index contributed by atoms with van der Waals surface area (Å²) in [6.45, 7) is 2.64. The molecule has 3 aromatic carbocycles. The van der Waals surface area contributed by atoms with Crippen LogP contribution in [-0.4, -0.2) is 53.3 Å². The maximum Gasteiger partial charge on any atom is 0.175 e. The summed E-state index contributed by atoms with van der Waals surface area (Å²) in [5, 5.41) is 24.0. The van der Waals surface area contributed by atoms with Gasteiger partial charge in [0.1, 0.15) is 29.2 Å². The minimum absolute atomic E-state index is 0.142. The molecule has 36 heavy (non-hydrogen) atoms. The number of phenols is 2. The zero-order valence-corrected chi connectivity index (χ0v) is 20.1. The first-order valence-corrected chi connectivity index (χ1v) is 12.0. The van der Waals surface area contributed by atoms with Crippen molar-refractivity contribution < 1.29 is 24.3 Å². The fraction of sp³-hybridized carbons (Fsp3) is 0.241. The van der Waals surface area contributed by atoms with E-state index in [1.54, 1.807) is 60.7 Å². The normalized spacial score (nSPS) is 16.1. The van der Waals surface area contributed by atoms with E-state index < -0.39 is 0 Å². The lowest BCUT2D eigenvalue weighted by molar-refractivity contribution is 0.112. The molecule has 1 fully saturated rings. The van der Waals surface area contributed by atoms with E-state index in [1.165, 1.54) is 0 Å². The Balaban J connectivity index is 1.63. The fourth-order valence-corrected chi connectivity index (χ4v) is 4.73. The average Bonchev–Trinajstić information content (AvgIpc) is 3.33. The number of aromatic nitrogens is 1. The number of benzene rings is 3. The number of phenolic OH excluding ortho intramolecular Hbond substituents is 2. The summed E-state index contributed by atoms with van der Waals surface area (Å²) in [7, 11) is 2.13. The lowest BCUT2D eigenvalue weighted by Gasteiger charge is -2.29. The van der Waals surface area contributed by atoms with Gasteiger partial charge >= 0.3 is 0 Å². The van der Waals surface area contributed by atoms with Crippen LogP contribution in [0, 0.1) is 5.92 Å².